The third-order valence-electron chi connectivity index (χ3n) is 3.85. The van der Waals surface area contributed by atoms with E-state index in [0.29, 0.717) is 18.9 Å². The van der Waals surface area contributed by atoms with E-state index in [2.05, 4.69) is 0 Å². The molecule has 0 heterocycles. The summed E-state index contributed by atoms with van der Waals surface area (Å²) in [6.45, 7) is 1.70. The minimum absolute atomic E-state index is 0.228. The highest BCUT2D eigenvalue weighted by molar-refractivity contribution is 7.93. The molecule has 0 spiro atoms. The van der Waals surface area contributed by atoms with Crippen LogP contribution < -0.4 is 0 Å². The van der Waals surface area contributed by atoms with Gasteiger partial charge in [0.15, 0.2) is 26.2 Å². The van der Waals surface area contributed by atoms with Crippen LogP contribution in [-0.4, -0.2) is 13.2 Å². The molecule has 2 unspecified atom stereocenters. The van der Waals surface area contributed by atoms with E-state index < -0.39 is 26.2 Å². The van der Waals surface area contributed by atoms with Crippen LogP contribution in [0.25, 0.3) is 0 Å². The van der Waals surface area contributed by atoms with Gasteiger partial charge in [0.1, 0.15) is 0 Å². The lowest BCUT2D eigenvalue weighted by atomic mass is 9.99. The molecular weight excluding hydrogens is 272 g/mol. The fraction of sp³-hybridized carbons (Fsp3) is 0.462. The van der Waals surface area contributed by atoms with Crippen molar-refractivity contribution in [2.75, 3.05) is 0 Å². The number of halogens is 2. The SMILES string of the molecule is CC1CCCC1(C#N)S(=O)(=O)c1ccc(F)c(F)c1. The molecule has 3 nitrogen and oxygen atoms in total. The van der Waals surface area contributed by atoms with Gasteiger partial charge in [-0.2, -0.15) is 5.26 Å². The van der Waals surface area contributed by atoms with Crippen molar-refractivity contribution in [1.29, 1.82) is 5.26 Å². The van der Waals surface area contributed by atoms with Crippen molar-refractivity contribution in [3.63, 3.8) is 0 Å². The van der Waals surface area contributed by atoms with Gasteiger partial charge < -0.3 is 0 Å². The van der Waals surface area contributed by atoms with E-state index in [0.717, 1.165) is 12.1 Å². The number of rotatable bonds is 2. The average Bonchev–Trinajstić information content (AvgIpc) is 2.75. The maximum atomic E-state index is 13.2. The summed E-state index contributed by atoms with van der Waals surface area (Å²) < 4.78 is 49.7. The second-order valence-corrected chi connectivity index (χ2v) is 7.08. The highest BCUT2D eigenvalue weighted by atomic mass is 32.2. The summed E-state index contributed by atoms with van der Waals surface area (Å²) in [7, 11) is -4.01. The first-order chi connectivity index (χ1) is 8.85. The first-order valence-corrected chi connectivity index (χ1v) is 7.44. The lowest BCUT2D eigenvalue weighted by molar-refractivity contribution is 0.488. The summed E-state index contributed by atoms with van der Waals surface area (Å²) in [6.07, 6.45) is 1.50. The number of hydrogen-bond donors (Lipinski definition) is 0. The lowest BCUT2D eigenvalue weighted by Gasteiger charge is -2.25. The third-order valence-corrected chi connectivity index (χ3v) is 6.38. The highest BCUT2D eigenvalue weighted by Gasteiger charge is 2.52. The molecule has 19 heavy (non-hydrogen) atoms. The average molecular weight is 285 g/mol. The molecule has 0 N–H and O–H groups in total. The van der Waals surface area contributed by atoms with Crippen LogP contribution in [0, 0.1) is 28.9 Å². The minimum atomic E-state index is -4.01. The van der Waals surface area contributed by atoms with E-state index in [4.69, 9.17) is 0 Å². The summed E-state index contributed by atoms with van der Waals surface area (Å²) in [5.41, 5.74) is 0. The Balaban J connectivity index is 2.59. The van der Waals surface area contributed by atoms with Crippen molar-refractivity contribution < 1.29 is 17.2 Å². The molecular formula is C13H13F2NO2S. The molecule has 0 aliphatic heterocycles. The zero-order chi connectivity index (χ0) is 14.3. The molecule has 2 atom stereocenters. The Bertz CT molecular complexity index is 651. The van der Waals surface area contributed by atoms with Crippen LogP contribution in [0.1, 0.15) is 26.2 Å². The van der Waals surface area contributed by atoms with Crippen LogP contribution in [0.2, 0.25) is 0 Å². The molecule has 0 radical (unpaired) electrons. The van der Waals surface area contributed by atoms with Crippen molar-refractivity contribution in [3.8, 4) is 6.07 Å². The molecule has 0 bridgehead atoms. The van der Waals surface area contributed by atoms with Gasteiger partial charge in [-0.3, -0.25) is 0 Å². The van der Waals surface area contributed by atoms with Gasteiger partial charge in [-0.25, -0.2) is 17.2 Å². The zero-order valence-corrected chi connectivity index (χ0v) is 11.2. The molecule has 2 rings (SSSR count). The molecule has 1 aliphatic rings. The smallest absolute Gasteiger partial charge is 0.197 e. The predicted octanol–water partition coefficient (Wildman–Crippen LogP) is 2.82. The summed E-state index contributed by atoms with van der Waals surface area (Å²) in [5.74, 6) is -2.65. The molecule has 0 amide bonds. The van der Waals surface area contributed by atoms with Crippen molar-refractivity contribution >= 4 is 9.84 Å². The molecule has 1 aromatic carbocycles. The second kappa shape index (κ2) is 4.57. The standard InChI is InChI=1S/C13H13F2NO2S/c1-9-3-2-6-13(9,8-16)19(17,18)10-4-5-11(14)12(15)7-10/h4-5,7,9H,2-3,6H2,1H3. The molecule has 1 fully saturated rings. The monoisotopic (exact) mass is 285 g/mol. The van der Waals surface area contributed by atoms with Gasteiger partial charge in [-0.05, 0) is 37.0 Å². The van der Waals surface area contributed by atoms with E-state index in [1.807, 2.05) is 6.07 Å². The van der Waals surface area contributed by atoms with Crippen LogP contribution in [0.3, 0.4) is 0 Å². The second-order valence-electron chi connectivity index (χ2n) is 4.87. The predicted molar refractivity (Wildman–Crippen MR) is 64.9 cm³/mol. The molecule has 1 saturated carbocycles. The van der Waals surface area contributed by atoms with Crippen LogP contribution in [0.5, 0.6) is 0 Å². The zero-order valence-electron chi connectivity index (χ0n) is 10.4. The minimum Gasteiger partial charge on any atom is -0.222 e. The van der Waals surface area contributed by atoms with E-state index in [9.17, 15) is 22.5 Å². The summed E-state index contributed by atoms with van der Waals surface area (Å²) in [6, 6.07) is 4.33. The Labute approximate surface area is 110 Å². The molecule has 6 heteroatoms. The van der Waals surface area contributed by atoms with Gasteiger partial charge in [-0.15, -0.1) is 0 Å². The summed E-state index contributed by atoms with van der Waals surface area (Å²) >= 11 is 0. The molecule has 0 aromatic heterocycles. The third kappa shape index (κ3) is 1.93. The number of nitrogens with zero attached hydrogens (tertiary/aromatic N) is 1. The van der Waals surface area contributed by atoms with E-state index in [1.54, 1.807) is 6.92 Å². The van der Waals surface area contributed by atoms with Crippen LogP contribution in [0.4, 0.5) is 8.78 Å². The molecule has 1 aromatic rings. The Morgan fingerprint density at radius 1 is 1.37 bits per heavy atom. The van der Waals surface area contributed by atoms with E-state index >= 15 is 0 Å². The first-order valence-electron chi connectivity index (χ1n) is 5.96. The lowest BCUT2D eigenvalue weighted by Crippen LogP contribution is -2.39. The fourth-order valence-electron chi connectivity index (χ4n) is 2.63. The van der Waals surface area contributed by atoms with Gasteiger partial charge in [0.25, 0.3) is 0 Å². The van der Waals surface area contributed by atoms with Crippen molar-refractivity contribution in [2.24, 2.45) is 5.92 Å². The summed E-state index contributed by atoms with van der Waals surface area (Å²) in [5, 5.41) is 9.31. The van der Waals surface area contributed by atoms with Gasteiger partial charge in [0, 0.05) is 0 Å². The highest BCUT2D eigenvalue weighted by Crippen LogP contribution is 2.44. The molecule has 0 saturated heterocycles. The Morgan fingerprint density at radius 2 is 2.05 bits per heavy atom. The van der Waals surface area contributed by atoms with Gasteiger partial charge in [0.05, 0.1) is 11.0 Å². The quantitative estimate of drug-likeness (QED) is 0.785. The molecule has 1 aliphatic carbocycles. The molecule has 102 valence electrons. The first kappa shape index (κ1) is 13.9. The van der Waals surface area contributed by atoms with Crippen LogP contribution in [0.15, 0.2) is 23.1 Å². The van der Waals surface area contributed by atoms with Crippen molar-refractivity contribution in [2.45, 2.75) is 35.8 Å². The van der Waals surface area contributed by atoms with E-state index in [1.165, 1.54) is 0 Å². The Kier molecular flexibility index (Phi) is 3.35. The Hall–Kier alpha value is -1.48. The van der Waals surface area contributed by atoms with Gasteiger partial charge >= 0.3 is 0 Å². The van der Waals surface area contributed by atoms with Crippen molar-refractivity contribution in [1.82, 2.24) is 0 Å². The topological polar surface area (TPSA) is 57.9 Å². The van der Waals surface area contributed by atoms with E-state index in [-0.39, 0.29) is 17.2 Å². The number of nitriles is 1. The summed E-state index contributed by atoms with van der Waals surface area (Å²) in [4.78, 5) is -0.332. The number of hydrogen-bond acceptors (Lipinski definition) is 3. The fourth-order valence-corrected chi connectivity index (χ4v) is 4.74. The maximum Gasteiger partial charge on any atom is 0.197 e. The van der Waals surface area contributed by atoms with Gasteiger partial charge in [-0.1, -0.05) is 13.3 Å². The van der Waals surface area contributed by atoms with Crippen LogP contribution in [-0.2, 0) is 9.84 Å². The van der Waals surface area contributed by atoms with Gasteiger partial charge in [0.2, 0.25) is 0 Å². The largest absolute Gasteiger partial charge is 0.222 e. The normalized spacial score (nSPS) is 27.2. The maximum absolute atomic E-state index is 13.2. The van der Waals surface area contributed by atoms with Crippen LogP contribution >= 0.6 is 0 Å². The number of benzene rings is 1. The number of sulfone groups is 1. The Morgan fingerprint density at radius 3 is 2.53 bits per heavy atom. The van der Waals surface area contributed by atoms with Crippen molar-refractivity contribution in [3.05, 3.63) is 29.8 Å².